The lowest BCUT2D eigenvalue weighted by Crippen LogP contribution is -2.34. The predicted molar refractivity (Wildman–Crippen MR) is 530 cm³/mol. The molecule has 5 N–H and O–H groups in total. The number of carbonyl (C=O) groups is 4. The summed E-state index contributed by atoms with van der Waals surface area (Å²) in [5.74, 6) is 0.253. The smallest absolute Gasteiger partial charge is 0.342 e. The summed E-state index contributed by atoms with van der Waals surface area (Å²) in [5.41, 5.74) is 22.2. The van der Waals surface area contributed by atoms with Gasteiger partial charge in [-0.25, -0.2) is 36.7 Å². The maximum atomic E-state index is 13.8. The molecule has 0 aliphatic rings. The summed E-state index contributed by atoms with van der Waals surface area (Å²) in [6, 6.07) is 71.2. The molecule has 0 radical (unpaired) electrons. The van der Waals surface area contributed by atoms with Crippen LogP contribution in [0.3, 0.4) is 0 Å². The van der Waals surface area contributed by atoms with Gasteiger partial charge in [0.15, 0.2) is 11.5 Å². The molecule has 29 heteroatoms. The fraction of sp³-hybridized carbons (Fsp3) is 0.167. The zero-order chi connectivity index (χ0) is 95.9. The van der Waals surface area contributed by atoms with E-state index in [0.717, 1.165) is 164 Å². The van der Waals surface area contributed by atoms with E-state index in [-0.39, 0.29) is 47.4 Å². The van der Waals surface area contributed by atoms with E-state index in [1.54, 1.807) is 146 Å². The van der Waals surface area contributed by atoms with Crippen LogP contribution in [-0.2, 0) is 13.0 Å². The largest absolute Gasteiger partial charge is 0.493 e. The Morgan fingerprint density at radius 3 is 1.06 bits per heavy atom. The number of hydrogen-bond donors (Lipinski definition) is 5. The maximum absolute atomic E-state index is 13.8. The third kappa shape index (κ3) is 21.5. The summed E-state index contributed by atoms with van der Waals surface area (Å²) in [6.07, 6.45) is 17.2. The number of ether oxygens (including phenoxy) is 2. The van der Waals surface area contributed by atoms with Gasteiger partial charge in [0.1, 0.15) is 23.3 Å². The number of likely N-dealkylation sites (N-methyl/N-ethyl adjacent to an activating group) is 1. The van der Waals surface area contributed by atoms with Gasteiger partial charge in [0.2, 0.25) is 0 Å². The third-order valence-corrected chi connectivity index (χ3v) is 23.4. The molecular weight excluding hydrogens is 1740 g/mol. The number of para-hydroxylation sites is 1. The zero-order valence-electron chi connectivity index (χ0n) is 77.1. The van der Waals surface area contributed by atoms with Gasteiger partial charge in [-0.1, -0.05) is 72.8 Å². The number of halogens is 4. The molecule has 25 nitrogen and oxygen atoms in total. The van der Waals surface area contributed by atoms with E-state index in [1.165, 1.54) is 48.4 Å². The Balaban J connectivity index is 0.000000133. The quantitative estimate of drug-likeness (QED) is 0.0311. The number of methoxy groups -OCH3 is 2. The van der Waals surface area contributed by atoms with Crippen LogP contribution in [0.4, 0.5) is 36.7 Å². The van der Waals surface area contributed by atoms with Gasteiger partial charge in [-0.2, -0.15) is 39.1 Å². The molecule has 0 bridgehead atoms. The highest BCUT2D eigenvalue weighted by molar-refractivity contribution is 5.98. The van der Waals surface area contributed by atoms with Crippen LogP contribution in [0.2, 0.25) is 0 Å². The molecule has 19 rings (SSSR count). The van der Waals surface area contributed by atoms with Crippen LogP contribution < -0.4 is 30.7 Å². The second kappa shape index (κ2) is 42.5. The highest BCUT2D eigenvalue weighted by Gasteiger charge is 2.22. The number of pyridine rings is 4. The van der Waals surface area contributed by atoms with Gasteiger partial charge in [-0.15, -0.1) is 0 Å². The number of nitrogens with zero attached hydrogens (tertiary/aromatic N) is 14. The number of aromatic nitrogens is 13. The van der Waals surface area contributed by atoms with Crippen molar-refractivity contribution in [2.24, 2.45) is 0 Å². The number of nitrogens with one attached hydrogen (secondary N) is 5. The van der Waals surface area contributed by atoms with Crippen molar-refractivity contribution in [3.8, 4) is 101 Å². The molecule has 0 atom stereocenters. The van der Waals surface area contributed by atoms with Crippen LogP contribution >= 0.6 is 0 Å². The van der Waals surface area contributed by atoms with Gasteiger partial charge in [0.05, 0.1) is 83.8 Å². The molecule has 4 amide bonds. The van der Waals surface area contributed by atoms with Crippen LogP contribution in [0.1, 0.15) is 39.8 Å². The Hall–Kier alpha value is -16.7. The van der Waals surface area contributed by atoms with E-state index in [0.29, 0.717) is 71.9 Å². The van der Waals surface area contributed by atoms with Crippen molar-refractivity contribution in [1.82, 2.24) is 95.1 Å². The summed E-state index contributed by atoms with van der Waals surface area (Å²) in [4.78, 5) is 76.4. The summed E-state index contributed by atoms with van der Waals surface area (Å²) in [7, 11) is 11.1. The molecule has 0 saturated carbocycles. The minimum Gasteiger partial charge on any atom is -0.493 e. The Labute approximate surface area is 787 Å². The van der Waals surface area contributed by atoms with Crippen molar-refractivity contribution < 1.29 is 46.2 Å². The molecule has 690 valence electrons. The Morgan fingerprint density at radius 1 is 0.358 bits per heavy atom. The summed E-state index contributed by atoms with van der Waals surface area (Å²) in [5, 5.41) is 33.4. The number of carbonyl (C=O) groups excluding carboxylic acids is 4. The van der Waals surface area contributed by atoms with Crippen molar-refractivity contribution in [3.63, 3.8) is 0 Å². The van der Waals surface area contributed by atoms with Crippen molar-refractivity contribution in [1.29, 1.82) is 0 Å². The second-order valence-electron chi connectivity index (χ2n) is 33.4. The van der Waals surface area contributed by atoms with Crippen molar-refractivity contribution in [2.45, 2.75) is 47.1 Å². The van der Waals surface area contributed by atoms with Gasteiger partial charge in [0.25, 0.3) is 0 Å². The Morgan fingerprint density at radius 2 is 0.701 bits per heavy atom. The molecule has 9 aromatic heterocycles. The van der Waals surface area contributed by atoms with Gasteiger partial charge >= 0.3 is 24.1 Å². The maximum Gasteiger partial charge on any atom is 0.342 e. The van der Waals surface area contributed by atoms with Gasteiger partial charge in [0, 0.05) is 141 Å². The van der Waals surface area contributed by atoms with Gasteiger partial charge in [-0.3, -0.25) is 19.9 Å². The molecule has 0 spiro atoms. The molecule has 0 saturated heterocycles. The van der Waals surface area contributed by atoms with Crippen LogP contribution in [0.5, 0.6) is 11.5 Å². The van der Waals surface area contributed by atoms with Crippen LogP contribution in [0, 0.1) is 51.0 Å². The van der Waals surface area contributed by atoms with E-state index < -0.39 is 0 Å². The fourth-order valence-corrected chi connectivity index (χ4v) is 16.2. The molecule has 0 aliphatic heterocycles. The van der Waals surface area contributed by atoms with Crippen molar-refractivity contribution >= 4 is 78.6 Å². The lowest BCUT2D eigenvalue weighted by molar-refractivity contribution is 0.238. The molecule has 0 aliphatic carbocycles. The first-order valence-corrected chi connectivity index (χ1v) is 44.4. The first kappa shape index (κ1) is 93.6. The normalized spacial score (nSPS) is 11.2. The number of hydrogen-bond acceptors (Lipinski definition) is 16. The van der Waals surface area contributed by atoms with E-state index in [2.05, 4.69) is 77.5 Å². The average molecular weight is 1840 g/mol. The molecule has 0 unspecified atom stereocenters. The lowest BCUT2D eigenvalue weighted by atomic mass is 9.97. The Bertz CT molecular complexity index is 7670. The molecule has 10 aromatic carbocycles. The van der Waals surface area contributed by atoms with Crippen molar-refractivity contribution in [2.75, 3.05) is 75.1 Å². The third-order valence-electron chi connectivity index (χ3n) is 23.4. The molecule has 0 fully saturated rings. The highest BCUT2D eigenvalue weighted by Crippen LogP contribution is 2.39. The fourth-order valence-electron chi connectivity index (χ4n) is 16.2. The number of aromatic amines is 1. The van der Waals surface area contributed by atoms with Gasteiger partial charge in [-0.05, 0) is 295 Å². The van der Waals surface area contributed by atoms with E-state index >= 15 is 0 Å². The summed E-state index contributed by atoms with van der Waals surface area (Å²) in [6.45, 7) is 10.6. The van der Waals surface area contributed by atoms with E-state index in [9.17, 15) is 36.7 Å². The minimum absolute atomic E-state index is 0.236. The first-order chi connectivity index (χ1) is 66.4. The number of rotatable bonds is 22. The van der Waals surface area contributed by atoms with Crippen LogP contribution in [0.15, 0.2) is 292 Å². The minimum atomic E-state index is -0.346. The summed E-state index contributed by atoms with van der Waals surface area (Å²) < 4.78 is 71.2. The van der Waals surface area contributed by atoms with E-state index in [4.69, 9.17) is 9.47 Å². The van der Waals surface area contributed by atoms with E-state index in [1.807, 2.05) is 191 Å². The monoisotopic (exact) mass is 1830 g/mol. The number of amides is 4. The standard InChI is InChI=1S/C30H24FN5O.C29H25FN4O3.C25H26FN5O.C24H24FN5O/c1-19-15-21(8-10-26(19)31)29-25(6-4-13-32-29)20-9-11-28-23(16-20)18-35-36(28)30(37)33-14-12-22-17-34-27-7-3-2-5-24(22)27;1-18-13-21(7-9-24(18)30)28-23(5-4-12-31-28)20-8-10-25-22(15-20)17-33-34(25)29(35)32-16-19-6-11-26(36-2)27(14-19)37-3;1-17-14-19(7-9-22(17)26)24-21(6-4-11-27-24)18-8-10-23-20(15-18)16-29-31(23)25(32)28-12-5-13-30(2)3;1-16-13-18(6-8-21(16)25)23-20(5-4-10-26-23)17-7-9-22-19(14-17)15-28-30(22)24(31)27-11-12-29(2)3/h2-11,13,15-18,34H,12,14H2,1H3,(H,33,37);4-15,17H,16H2,1-3H3,(H,32,35);4,6-11,14-16H,5,12-13H2,1-3H3,(H,28,32);4-10,13-15H,11-12H2,1-3H3,(H,27,31). The molecular formula is C108H99F4N19O6. The Kier molecular flexibility index (Phi) is 29.0. The summed E-state index contributed by atoms with van der Waals surface area (Å²) >= 11 is 0. The van der Waals surface area contributed by atoms with Crippen molar-refractivity contribution in [3.05, 3.63) is 349 Å². The number of aryl methyl sites for hydroxylation is 4. The SMILES string of the molecule is COc1ccc(CNC(=O)n2ncc3cc(-c4cccnc4-c4ccc(F)c(C)c4)ccc32)cc1OC.Cc1cc(-c2ncccc2-c2ccc3c(cnn3C(=O)NCCCN(C)C)c2)ccc1F.Cc1cc(-c2ncccc2-c2ccc3c(cnn3C(=O)NCCN(C)C)c2)ccc1F.Cc1cc(-c2ncccc2-c2ccc3c(cnn3C(=O)NCCc3c[nH]c4ccccc34)c2)ccc1F. The number of benzene rings is 10. The predicted octanol–water partition coefficient (Wildman–Crippen LogP) is 21.5. The lowest BCUT2D eigenvalue weighted by Gasteiger charge is -2.11. The number of fused-ring (bicyclic) bond motifs is 5. The van der Waals surface area contributed by atoms with Crippen LogP contribution in [0.25, 0.3) is 144 Å². The molecule has 19 aromatic rings. The first-order valence-electron chi connectivity index (χ1n) is 44.4. The average Bonchev–Trinajstić information content (AvgIpc) is 1.76. The highest BCUT2D eigenvalue weighted by atomic mass is 19.1. The topological polar surface area (TPSA) is 280 Å². The second-order valence-corrected chi connectivity index (χ2v) is 33.4. The zero-order valence-corrected chi connectivity index (χ0v) is 77.1. The number of H-pyrrole nitrogens is 1. The molecule has 137 heavy (non-hydrogen) atoms. The van der Waals surface area contributed by atoms with Gasteiger partial charge < -0.3 is 45.5 Å². The van der Waals surface area contributed by atoms with Crippen LogP contribution in [-0.4, -0.2) is 173 Å². The molecule has 9 heterocycles.